The number of hydrogen-bond donors (Lipinski definition) is 0. The molecule has 1 amide bonds. The van der Waals surface area contributed by atoms with Crippen molar-refractivity contribution in [2.75, 3.05) is 11.4 Å². The third-order valence-electron chi connectivity index (χ3n) is 4.16. The minimum atomic E-state index is -0.331. The fourth-order valence-corrected chi connectivity index (χ4v) is 3.13. The lowest BCUT2D eigenvalue weighted by Gasteiger charge is -2.15. The number of benzene rings is 2. The normalized spacial score (nSPS) is 17.3. The van der Waals surface area contributed by atoms with Gasteiger partial charge in [-0.2, -0.15) is 4.98 Å². The van der Waals surface area contributed by atoms with E-state index in [2.05, 4.69) is 26.1 Å². The van der Waals surface area contributed by atoms with E-state index in [1.165, 1.54) is 12.1 Å². The lowest BCUT2D eigenvalue weighted by Crippen LogP contribution is -2.24. The van der Waals surface area contributed by atoms with Gasteiger partial charge < -0.3 is 9.42 Å². The highest BCUT2D eigenvalue weighted by Gasteiger charge is 2.35. The quantitative estimate of drug-likeness (QED) is 0.660. The molecule has 1 aromatic heterocycles. The van der Waals surface area contributed by atoms with Crippen molar-refractivity contribution in [1.82, 2.24) is 10.1 Å². The van der Waals surface area contributed by atoms with Crippen molar-refractivity contribution in [2.45, 2.75) is 12.3 Å². The van der Waals surface area contributed by atoms with Crippen molar-refractivity contribution in [3.05, 3.63) is 64.7 Å². The van der Waals surface area contributed by atoms with Crippen molar-refractivity contribution in [3.63, 3.8) is 0 Å². The van der Waals surface area contributed by atoms with Crippen LogP contribution in [-0.2, 0) is 4.79 Å². The second-order valence-electron chi connectivity index (χ2n) is 5.84. The number of nitrogens with zero attached hydrogens (tertiary/aromatic N) is 3. The van der Waals surface area contributed by atoms with Gasteiger partial charge in [-0.1, -0.05) is 21.1 Å². The largest absolute Gasteiger partial charge is 0.339 e. The van der Waals surface area contributed by atoms with E-state index in [4.69, 9.17) is 4.52 Å². The fourth-order valence-electron chi connectivity index (χ4n) is 2.86. The van der Waals surface area contributed by atoms with E-state index < -0.39 is 0 Å². The van der Waals surface area contributed by atoms with Crippen LogP contribution in [0.3, 0.4) is 0 Å². The zero-order valence-electron chi connectivity index (χ0n) is 13.0. The Labute approximate surface area is 151 Å². The highest BCUT2D eigenvalue weighted by molar-refractivity contribution is 9.10. The molecular formula is C18H13BrFN3O2. The number of halogens is 2. The highest BCUT2D eigenvalue weighted by Crippen LogP contribution is 2.32. The van der Waals surface area contributed by atoms with Crippen LogP contribution in [-0.4, -0.2) is 22.6 Å². The first kappa shape index (κ1) is 16.0. The van der Waals surface area contributed by atoms with Gasteiger partial charge in [-0.25, -0.2) is 4.39 Å². The average molecular weight is 402 g/mol. The molecule has 25 heavy (non-hydrogen) atoms. The SMILES string of the molecule is O=C1C[C@H](c2nc(-c3ccc(Br)cc3)no2)CN1c1ccc(F)cc1. The molecule has 4 rings (SSSR count). The summed E-state index contributed by atoms with van der Waals surface area (Å²) in [4.78, 5) is 18.4. The Morgan fingerprint density at radius 3 is 2.56 bits per heavy atom. The Hall–Kier alpha value is -2.54. The van der Waals surface area contributed by atoms with Crippen molar-refractivity contribution in [1.29, 1.82) is 0 Å². The number of rotatable bonds is 3. The molecule has 0 N–H and O–H groups in total. The molecule has 1 atom stereocenters. The van der Waals surface area contributed by atoms with Gasteiger partial charge in [0.2, 0.25) is 17.6 Å². The van der Waals surface area contributed by atoms with Gasteiger partial charge in [0.1, 0.15) is 5.82 Å². The number of aromatic nitrogens is 2. The number of amides is 1. The summed E-state index contributed by atoms with van der Waals surface area (Å²) in [5.74, 6) is 0.392. The van der Waals surface area contributed by atoms with Gasteiger partial charge in [0, 0.05) is 28.7 Å². The lowest BCUT2D eigenvalue weighted by atomic mass is 10.1. The zero-order chi connectivity index (χ0) is 17.4. The molecule has 1 aliphatic rings. The molecular weight excluding hydrogens is 389 g/mol. The van der Waals surface area contributed by atoms with E-state index in [0.717, 1.165) is 10.0 Å². The summed E-state index contributed by atoms with van der Waals surface area (Å²) in [5, 5.41) is 4.01. The molecule has 2 aromatic carbocycles. The number of hydrogen-bond acceptors (Lipinski definition) is 4. The van der Waals surface area contributed by atoms with Crippen LogP contribution in [0.1, 0.15) is 18.2 Å². The molecule has 0 spiro atoms. The van der Waals surface area contributed by atoms with E-state index in [1.54, 1.807) is 17.0 Å². The predicted molar refractivity (Wildman–Crippen MR) is 93.5 cm³/mol. The summed E-state index contributed by atoms with van der Waals surface area (Å²) >= 11 is 3.39. The van der Waals surface area contributed by atoms with Crippen LogP contribution in [0.4, 0.5) is 10.1 Å². The zero-order valence-corrected chi connectivity index (χ0v) is 14.6. The van der Waals surface area contributed by atoms with Gasteiger partial charge in [-0.3, -0.25) is 4.79 Å². The van der Waals surface area contributed by atoms with Gasteiger partial charge in [-0.05, 0) is 48.5 Å². The van der Waals surface area contributed by atoms with E-state index in [9.17, 15) is 9.18 Å². The van der Waals surface area contributed by atoms with E-state index >= 15 is 0 Å². The maximum Gasteiger partial charge on any atom is 0.232 e. The van der Waals surface area contributed by atoms with Crippen LogP contribution >= 0.6 is 15.9 Å². The Morgan fingerprint density at radius 2 is 1.84 bits per heavy atom. The third kappa shape index (κ3) is 3.19. The maximum atomic E-state index is 13.1. The second-order valence-corrected chi connectivity index (χ2v) is 6.76. The molecule has 7 heteroatoms. The lowest BCUT2D eigenvalue weighted by molar-refractivity contribution is -0.117. The maximum absolute atomic E-state index is 13.1. The topological polar surface area (TPSA) is 59.2 Å². The minimum absolute atomic E-state index is 0.0417. The number of carbonyl (C=O) groups excluding carboxylic acids is 1. The highest BCUT2D eigenvalue weighted by atomic mass is 79.9. The summed E-state index contributed by atoms with van der Waals surface area (Å²) in [6, 6.07) is 13.5. The van der Waals surface area contributed by atoms with Gasteiger partial charge in [0.05, 0.1) is 5.92 Å². The number of anilines is 1. The molecule has 1 fully saturated rings. The predicted octanol–water partition coefficient (Wildman–Crippen LogP) is 4.16. The molecule has 0 bridgehead atoms. The second kappa shape index (κ2) is 6.40. The van der Waals surface area contributed by atoms with Gasteiger partial charge >= 0.3 is 0 Å². The molecule has 5 nitrogen and oxygen atoms in total. The van der Waals surface area contributed by atoms with Crippen LogP contribution in [0.2, 0.25) is 0 Å². The standard InChI is InChI=1S/C18H13BrFN3O2/c19-13-3-1-11(2-4-13)17-21-18(25-22-17)12-9-16(24)23(10-12)15-7-5-14(20)6-8-15/h1-8,12H,9-10H2/t12-/m0/s1. The summed E-state index contributed by atoms with van der Waals surface area (Å²) in [6.45, 7) is 0.437. The summed E-state index contributed by atoms with van der Waals surface area (Å²) in [5.41, 5.74) is 1.51. The Balaban J connectivity index is 1.54. The van der Waals surface area contributed by atoms with Crippen molar-refractivity contribution < 1.29 is 13.7 Å². The molecule has 2 heterocycles. The van der Waals surface area contributed by atoms with E-state index in [-0.39, 0.29) is 17.6 Å². The molecule has 0 unspecified atom stereocenters. The van der Waals surface area contributed by atoms with Gasteiger partial charge in [0.15, 0.2) is 0 Å². The summed E-state index contributed by atoms with van der Waals surface area (Å²) in [6.07, 6.45) is 0.291. The van der Waals surface area contributed by atoms with Gasteiger partial charge in [-0.15, -0.1) is 0 Å². The monoisotopic (exact) mass is 401 g/mol. The van der Waals surface area contributed by atoms with Gasteiger partial charge in [0.25, 0.3) is 0 Å². The van der Waals surface area contributed by atoms with Crippen LogP contribution < -0.4 is 4.90 Å². The first-order valence-corrected chi connectivity index (χ1v) is 8.55. The third-order valence-corrected chi connectivity index (χ3v) is 4.69. The molecule has 3 aromatic rings. The first-order valence-electron chi connectivity index (χ1n) is 7.75. The molecule has 0 aliphatic carbocycles. The Morgan fingerprint density at radius 1 is 1.12 bits per heavy atom. The van der Waals surface area contributed by atoms with Crippen molar-refractivity contribution >= 4 is 27.5 Å². The molecule has 1 aliphatic heterocycles. The molecule has 126 valence electrons. The first-order chi connectivity index (χ1) is 12.1. The summed E-state index contributed by atoms with van der Waals surface area (Å²) < 4.78 is 19.4. The fraction of sp³-hybridized carbons (Fsp3) is 0.167. The Bertz CT molecular complexity index is 909. The van der Waals surface area contributed by atoms with Crippen molar-refractivity contribution in [2.24, 2.45) is 0 Å². The smallest absolute Gasteiger partial charge is 0.232 e. The molecule has 0 radical (unpaired) electrons. The van der Waals surface area contributed by atoms with Crippen LogP contribution in [0.5, 0.6) is 0 Å². The molecule has 1 saturated heterocycles. The van der Waals surface area contributed by atoms with E-state index in [1.807, 2.05) is 24.3 Å². The van der Waals surface area contributed by atoms with Crippen molar-refractivity contribution in [3.8, 4) is 11.4 Å². The van der Waals surface area contributed by atoms with Crippen LogP contribution in [0.25, 0.3) is 11.4 Å². The van der Waals surface area contributed by atoms with Crippen LogP contribution in [0.15, 0.2) is 57.5 Å². The average Bonchev–Trinajstić information content (AvgIpc) is 3.23. The van der Waals surface area contributed by atoms with E-state index in [0.29, 0.717) is 30.4 Å². The molecule has 0 saturated carbocycles. The minimum Gasteiger partial charge on any atom is -0.339 e. The Kier molecular flexibility index (Phi) is 4.09. The number of carbonyl (C=O) groups is 1. The summed E-state index contributed by atoms with van der Waals surface area (Å²) in [7, 11) is 0. The van der Waals surface area contributed by atoms with Crippen LogP contribution in [0, 0.1) is 5.82 Å².